The van der Waals surface area contributed by atoms with Gasteiger partial charge in [0.1, 0.15) is 24.6 Å². The number of aromatic nitrogens is 3. The molecule has 1 aliphatic rings. The summed E-state index contributed by atoms with van der Waals surface area (Å²) in [6.45, 7) is -0.438. The fourth-order valence-corrected chi connectivity index (χ4v) is 1.61. The Labute approximate surface area is 95.4 Å². The average molecular weight is 251 g/mol. The van der Waals surface area contributed by atoms with Crippen LogP contribution in [0.2, 0.25) is 0 Å². The molecule has 1 saturated heterocycles. The first kappa shape index (κ1) is 11.9. The van der Waals surface area contributed by atoms with E-state index < -0.39 is 37.1 Å². The highest BCUT2D eigenvalue weighted by Gasteiger charge is 2.43. The van der Waals surface area contributed by atoms with E-state index in [1.165, 1.54) is 0 Å². The Balaban J connectivity index is 2.19. The van der Waals surface area contributed by atoms with Crippen LogP contribution in [0.25, 0.3) is 0 Å². The zero-order chi connectivity index (χ0) is 12.6. The van der Waals surface area contributed by atoms with Crippen molar-refractivity contribution in [3.05, 3.63) is 12.2 Å². The molecule has 0 aromatic carbocycles. The zero-order valence-electron chi connectivity index (χ0n) is 8.67. The third-order valence-corrected chi connectivity index (χ3v) is 2.51. The number of carbonyl (C=O) groups excluding carboxylic acids is 1. The van der Waals surface area contributed by atoms with Crippen LogP contribution in [0.1, 0.15) is 16.8 Å². The fraction of sp³-hybridized carbons (Fsp3) is 0.625. The third-order valence-electron chi connectivity index (χ3n) is 2.51. The molecule has 1 fully saturated rings. The molecule has 1 aromatic heterocycles. The molecule has 1 aliphatic heterocycles. The number of hydrogen-bond acceptors (Lipinski definition) is 7. The van der Waals surface area contributed by atoms with E-state index in [-0.39, 0.29) is 5.82 Å². The van der Waals surface area contributed by atoms with E-state index in [2.05, 4.69) is 10.1 Å². The van der Waals surface area contributed by atoms with Crippen LogP contribution in [0, 0.1) is 0 Å². The van der Waals surface area contributed by atoms with Crippen LogP contribution in [0.3, 0.4) is 0 Å². The van der Waals surface area contributed by atoms with Gasteiger partial charge in [0.15, 0.2) is 6.23 Å². The highest BCUT2D eigenvalue weighted by Crippen LogP contribution is 2.28. The quantitative estimate of drug-likeness (QED) is 0.330. The summed E-state index contributed by atoms with van der Waals surface area (Å²) in [5.41, 5.74) is 4.97. The van der Waals surface area contributed by atoms with Gasteiger partial charge in [-0.05, 0) is 0 Å². The number of hydrogen-bond donors (Lipinski definition) is 4. The largest absolute Gasteiger partial charge is 0.394 e. The monoisotopic (exact) mass is 251 g/mol. The molecule has 17 heavy (non-hydrogen) atoms. The lowest BCUT2D eigenvalue weighted by Gasteiger charge is -2.13. The van der Waals surface area contributed by atoms with Crippen molar-refractivity contribution >= 4 is 5.91 Å². The van der Waals surface area contributed by atoms with Crippen molar-refractivity contribution < 1.29 is 24.9 Å². The van der Waals surface area contributed by atoms with Gasteiger partial charge in [-0.3, -0.25) is 4.79 Å². The van der Waals surface area contributed by atoms with Gasteiger partial charge in [0.05, 0.1) is 6.61 Å². The Kier molecular flexibility index (Phi) is 3.07. The lowest BCUT2D eigenvalue weighted by Crippen LogP contribution is -2.33. The van der Waals surface area contributed by atoms with Gasteiger partial charge >= 0.3 is 0 Å². The van der Waals surface area contributed by atoms with Gasteiger partial charge in [0.2, 0.25) is 5.82 Å². The Morgan fingerprint density at radius 2 is 2.24 bits per heavy atom. The Morgan fingerprint density at radius 3 is 2.71 bits per heavy atom. The van der Waals surface area contributed by atoms with Crippen LogP contribution >= 0.6 is 0 Å². The summed E-state index contributed by atoms with van der Waals surface area (Å²) in [7, 11) is 0. The summed E-state index contributed by atoms with van der Waals surface area (Å²) in [6, 6.07) is 0. The fourth-order valence-electron chi connectivity index (χ4n) is 1.61. The van der Waals surface area contributed by atoms with E-state index in [9.17, 15) is 15.0 Å². The van der Waals surface area contributed by atoms with E-state index in [1.54, 1.807) is 0 Å². The van der Waals surface area contributed by atoms with Gasteiger partial charge in [-0.25, -0.2) is 9.67 Å². The van der Waals surface area contributed by atoms with E-state index in [0.29, 0.717) is 0 Å². The molecule has 1 aromatic rings. The molecule has 2 rings (SSSR count). The van der Waals surface area contributed by atoms with Crippen molar-refractivity contribution in [1.29, 1.82) is 0 Å². The molecule has 0 aliphatic carbocycles. The lowest BCUT2D eigenvalue weighted by atomic mass is 10.1. The number of aliphatic hydroxyl groups excluding tert-OH is 3. The van der Waals surface area contributed by atoms with E-state index >= 15 is 0 Å². The summed E-state index contributed by atoms with van der Waals surface area (Å²) < 4.78 is 6.25. The summed E-state index contributed by atoms with van der Waals surface area (Å²) in [5.74, 6) is -1.03. The zero-order valence-corrected chi connectivity index (χ0v) is 8.67. The number of rotatable bonds is 3. The molecular formula is C8H12N4O5. The third kappa shape index (κ3) is 2.00. The van der Waals surface area contributed by atoms with Gasteiger partial charge in [0.25, 0.3) is 5.91 Å². The number of carbonyl (C=O) groups is 1. The molecule has 1 amide bonds. The van der Waals surface area contributed by atoms with Gasteiger partial charge in [-0.2, -0.15) is 0 Å². The standard InChI is InChI=1S/C8H12N4O5/c9-6(16)7-10-2-12(11-7)8-5(15)4(14)3(1-13)17-8/h2-5,8,13-15H,1H2,(H2,9,16)/t3-,4-,5-,8-/m0/s1/i2+1,6+1,7+1,9+1,10+1,11+1,12+1. The molecule has 94 valence electrons. The van der Waals surface area contributed by atoms with Crippen molar-refractivity contribution in [2.45, 2.75) is 24.5 Å². The highest BCUT2D eigenvalue weighted by molar-refractivity contribution is 5.88. The van der Waals surface area contributed by atoms with Crippen molar-refractivity contribution in [2.75, 3.05) is 6.61 Å². The van der Waals surface area contributed by atoms with Gasteiger partial charge in [-0.1, -0.05) is 0 Å². The van der Waals surface area contributed by atoms with Gasteiger partial charge < -0.3 is 25.8 Å². The van der Waals surface area contributed by atoms with Crippen LogP contribution in [-0.2, 0) is 4.74 Å². The summed E-state index contributed by atoms with van der Waals surface area (Å²) in [6.07, 6.45) is -3.26. The topological polar surface area (TPSA) is 144 Å². The average Bonchev–Trinajstić information content (AvgIpc) is 2.87. The second kappa shape index (κ2) is 4.37. The predicted molar refractivity (Wildman–Crippen MR) is 51.5 cm³/mol. The summed E-state index contributed by atoms with van der Waals surface area (Å²) in [4.78, 5) is 14.4. The number of amides is 1. The number of primary amides is 1. The van der Waals surface area contributed by atoms with E-state index in [1.807, 2.05) is 0 Å². The molecule has 2 heterocycles. The second-order valence-electron chi connectivity index (χ2n) is 3.64. The molecule has 0 radical (unpaired) electrons. The lowest BCUT2D eigenvalue weighted by molar-refractivity contribution is -0.0588. The van der Waals surface area contributed by atoms with Gasteiger partial charge in [0, 0.05) is 0 Å². The maximum Gasteiger partial charge on any atom is 0.288 e. The first-order valence-corrected chi connectivity index (χ1v) is 4.88. The smallest absolute Gasteiger partial charge is 0.288 e. The minimum atomic E-state index is -1.27. The van der Waals surface area contributed by atoms with Gasteiger partial charge in [-0.15, -0.1) is 5.10 Å². The molecular weight excluding hydrogens is 239 g/mol. The second-order valence-corrected chi connectivity index (χ2v) is 3.64. The van der Waals surface area contributed by atoms with Crippen LogP contribution < -0.4 is 5.73 Å². The molecule has 9 nitrogen and oxygen atoms in total. The van der Waals surface area contributed by atoms with Crippen LogP contribution in [0.4, 0.5) is 0 Å². The van der Waals surface area contributed by atoms with Crippen LogP contribution in [-0.4, -0.2) is 60.9 Å². The van der Waals surface area contributed by atoms with E-state index in [4.69, 9.17) is 15.6 Å². The van der Waals surface area contributed by atoms with Crippen LogP contribution in [0.5, 0.6) is 0 Å². The Hall–Kier alpha value is -1.55. The molecule has 0 spiro atoms. The maximum absolute atomic E-state index is 10.8. The predicted octanol–water partition coefficient (Wildman–Crippen LogP) is -3.01. The Bertz CT molecular complexity index is 422. The highest BCUT2D eigenvalue weighted by atomic mass is 16.6. The van der Waals surface area contributed by atoms with Crippen LogP contribution in [0.15, 0.2) is 6.33 Å². The van der Waals surface area contributed by atoms with Crippen molar-refractivity contribution in [3.63, 3.8) is 0 Å². The molecule has 4 atom stereocenters. The Morgan fingerprint density at radius 1 is 1.53 bits per heavy atom. The summed E-state index contributed by atoms with van der Waals surface area (Å²) in [5, 5.41) is 31.8. The van der Waals surface area contributed by atoms with E-state index in [0.717, 1.165) is 11.0 Å². The minimum Gasteiger partial charge on any atom is -0.394 e. The molecule has 0 bridgehead atoms. The molecule has 9 heteroatoms. The first-order valence-electron chi connectivity index (χ1n) is 4.88. The van der Waals surface area contributed by atoms with Crippen molar-refractivity contribution in [2.24, 2.45) is 5.73 Å². The first-order chi connectivity index (χ1) is 8.04. The summed E-state index contributed by atoms with van der Waals surface area (Å²) >= 11 is 0. The molecule has 0 saturated carbocycles. The van der Waals surface area contributed by atoms with Crippen molar-refractivity contribution in [1.82, 2.24) is 14.8 Å². The number of aliphatic hydroxyl groups is 3. The normalized spacial score (nSPS) is 32.9. The maximum atomic E-state index is 10.8. The molecule has 5 N–H and O–H groups in total. The molecule has 0 unspecified atom stereocenters. The number of ether oxygens (including phenoxy) is 1. The number of nitrogens with two attached hydrogens (primary N) is 1. The minimum absolute atomic E-state index is 0.220. The van der Waals surface area contributed by atoms with Crippen molar-refractivity contribution in [3.8, 4) is 0 Å². The number of nitrogens with zero attached hydrogens (tertiary/aromatic N) is 3. The SMILES string of the molecule is [15NH2][13C](=O)[13c]1[15n][13cH][15n]([C@H]2O[C@@H](CO)[C@H](O)[C@@H]2O)[15n]1.